The van der Waals surface area contributed by atoms with Gasteiger partial charge in [0.15, 0.2) is 10.8 Å². The van der Waals surface area contributed by atoms with Crippen molar-refractivity contribution in [1.82, 2.24) is 19.5 Å². The summed E-state index contributed by atoms with van der Waals surface area (Å²) < 4.78 is 1.73. The molecule has 5 nitrogen and oxygen atoms in total. The van der Waals surface area contributed by atoms with Crippen molar-refractivity contribution in [1.29, 1.82) is 0 Å². The zero-order valence-corrected chi connectivity index (χ0v) is 15.3. The number of halogens is 2. The highest BCUT2D eigenvalue weighted by Gasteiger charge is 2.25. The van der Waals surface area contributed by atoms with Crippen LogP contribution in [-0.4, -0.2) is 44.2 Å². The molecule has 3 rings (SSSR count). The molecule has 1 aliphatic heterocycles. The van der Waals surface area contributed by atoms with Crippen LogP contribution in [0.1, 0.15) is 20.3 Å². The van der Waals surface area contributed by atoms with Gasteiger partial charge in [0.2, 0.25) is 5.91 Å². The molecule has 3 heterocycles. The van der Waals surface area contributed by atoms with Crippen molar-refractivity contribution in [2.45, 2.75) is 25.4 Å². The summed E-state index contributed by atoms with van der Waals surface area (Å²) in [5.41, 5.74) is 0.547. The van der Waals surface area contributed by atoms with Gasteiger partial charge in [-0.25, -0.2) is 0 Å². The Bertz CT molecular complexity index is 726. The van der Waals surface area contributed by atoms with Crippen molar-refractivity contribution < 1.29 is 4.79 Å². The van der Waals surface area contributed by atoms with Crippen LogP contribution in [0.4, 0.5) is 0 Å². The summed E-state index contributed by atoms with van der Waals surface area (Å²) in [6.07, 6.45) is 2.89. The van der Waals surface area contributed by atoms with Gasteiger partial charge in [-0.15, -0.1) is 10.2 Å². The summed E-state index contributed by atoms with van der Waals surface area (Å²) >= 11 is 13.5. The van der Waals surface area contributed by atoms with Crippen molar-refractivity contribution in [2.24, 2.45) is 11.8 Å². The first-order valence-corrected chi connectivity index (χ1v) is 9.28. The number of pyridine rings is 1. The summed E-state index contributed by atoms with van der Waals surface area (Å²) in [5, 5.41) is 9.73. The number of carbonyl (C=O) groups excluding carboxylic acids is 1. The third-order valence-corrected chi connectivity index (χ3v) is 5.35. The Morgan fingerprint density at radius 3 is 2.70 bits per heavy atom. The Labute approximate surface area is 149 Å². The lowest BCUT2D eigenvalue weighted by Gasteiger charge is -2.34. The molecule has 124 valence electrons. The molecule has 1 saturated heterocycles. The van der Waals surface area contributed by atoms with Crippen LogP contribution < -0.4 is 0 Å². The van der Waals surface area contributed by atoms with E-state index in [1.54, 1.807) is 16.7 Å². The third kappa shape index (κ3) is 3.75. The van der Waals surface area contributed by atoms with E-state index in [1.165, 1.54) is 18.2 Å². The highest BCUT2D eigenvalue weighted by atomic mass is 35.5. The second-order valence-corrected chi connectivity index (χ2v) is 8.00. The summed E-state index contributed by atoms with van der Waals surface area (Å²) in [5.74, 6) is 1.58. The monoisotopic (exact) mass is 372 g/mol. The summed E-state index contributed by atoms with van der Waals surface area (Å²) in [6, 6.07) is 1.63. The Morgan fingerprint density at radius 2 is 2.00 bits per heavy atom. The number of thioether (sulfide) groups is 1. The van der Waals surface area contributed by atoms with Gasteiger partial charge in [-0.2, -0.15) is 0 Å². The predicted octanol–water partition coefficient (Wildman–Crippen LogP) is 3.63. The van der Waals surface area contributed by atoms with E-state index in [0.29, 0.717) is 38.4 Å². The standard InChI is InChI=1S/C15H18Cl2N4OS/c1-9-3-10(2)6-20(5-9)13(22)8-23-15-19-18-14-12(17)4-11(16)7-21(14)15/h4,7,9-10H,3,5-6,8H2,1-2H3/t9-,10+. The number of hydrogen-bond acceptors (Lipinski definition) is 4. The third-order valence-electron chi connectivity index (χ3n) is 3.94. The van der Waals surface area contributed by atoms with Gasteiger partial charge in [0.05, 0.1) is 15.8 Å². The molecule has 0 saturated carbocycles. The molecular formula is C15H18Cl2N4OS. The van der Waals surface area contributed by atoms with Gasteiger partial charge in [-0.3, -0.25) is 9.20 Å². The van der Waals surface area contributed by atoms with Gasteiger partial charge in [0.1, 0.15) is 0 Å². The second-order valence-electron chi connectivity index (χ2n) is 6.22. The molecule has 8 heteroatoms. The average Bonchev–Trinajstić information content (AvgIpc) is 2.87. The fourth-order valence-electron chi connectivity index (χ4n) is 3.09. The highest BCUT2D eigenvalue weighted by Crippen LogP contribution is 2.26. The molecule has 1 amide bonds. The van der Waals surface area contributed by atoms with E-state index in [1.807, 2.05) is 4.90 Å². The van der Waals surface area contributed by atoms with Crippen molar-refractivity contribution in [3.63, 3.8) is 0 Å². The fraction of sp³-hybridized carbons (Fsp3) is 0.533. The van der Waals surface area contributed by atoms with E-state index < -0.39 is 0 Å². The van der Waals surface area contributed by atoms with Crippen LogP contribution in [0.5, 0.6) is 0 Å². The van der Waals surface area contributed by atoms with Crippen LogP contribution in [0.15, 0.2) is 17.4 Å². The SMILES string of the molecule is C[C@@H]1C[C@H](C)CN(C(=O)CSc2nnc3c(Cl)cc(Cl)cn23)C1. The number of fused-ring (bicyclic) bond motifs is 1. The molecule has 0 radical (unpaired) electrons. The van der Waals surface area contributed by atoms with Crippen LogP contribution in [0.25, 0.3) is 5.65 Å². The number of hydrogen-bond donors (Lipinski definition) is 0. The van der Waals surface area contributed by atoms with Gasteiger partial charge in [0, 0.05) is 19.3 Å². The average molecular weight is 373 g/mol. The van der Waals surface area contributed by atoms with E-state index in [0.717, 1.165) is 13.1 Å². The molecule has 0 bridgehead atoms. The van der Waals surface area contributed by atoms with Gasteiger partial charge in [-0.05, 0) is 24.3 Å². The van der Waals surface area contributed by atoms with Gasteiger partial charge in [0.25, 0.3) is 0 Å². The number of aromatic nitrogens is 3. The summed E-state index contributed by atoms with van der Waals surface area (Å²) in [7, 11) is 0. The molecule has 0 spiro atoms. The van der Waals surface area contributed by atoms with Crippen LogP contribution in [0.2, 0.25) is 10.0 Å². The predicted molar refractivity (Wildman–Crippen MR) is 93.3 cm³/mol. The first-order valence-electron chi connectivity index (χ1n) is 7.54. The smallest absolute Gasteiger partial charge is 0.233 e. The number of carbonyl (C=O) groups is 1. The normalized spacial score (nSPS) is 21.8. The molecule has 1 aliphatic rings. The lowest BCUT2D eigenvalue weighted by atomic mass is 9.92. The maximum atomic E-state index is 12.4. The molecule has 23 heavy (non-hydrogen) atoms. The topological polar surface area (TPSA) is 50.5 Å². The first-order chi connectivity index (χ1) is 10.9. The maximum absolute atomic E-state index is 12.4. The second kappa shape index (κ2) is 6.87. The Kier molecular flexibility index (Phi) is 5.04. The minimum absolute atomic E-state index is 0.137. The minimum atomic E-state index is 0.137. The Balaban J connectivity index is 1.70. The summed E-state index contributed by atoms with van der Waals surface area (Å²) in [6.45, 7) is 6.06. The molecule has 0 N–H and O–H groups in total. The van der Waals surface area contributed by atoms with E-state index >= 15 is 0 Å². The maximum Gasteiger partial charge on any atom is 0.233 e. The van der Waals surface area contributed by atoms with E-state index in [-0.39, 0.29) is 5.91 Å². The minimum Gasteiger partial charge on any atom is -0.341 e. The van der Waals surface area contributed by atoms with Crippen LogP contribution in [0, 0.1) is 11.8 Å². The zero-order valence-electron chi connectivity index (χ0n) is 13.0. The zero-order chi connectivity index (χ0) is 16.6. The van der Waals surface area contributed by atoms with Gasteiger partial charge in [-0.1, -0.05) is 48.8 Å². The van der Waals surface area contributed by atoms with Crippen molar-refractivity contribution in [2.75, 3.05) is 18.8 Å². The number of amides is 1. The largest absolute Gasteiger partial charge is 0.341 e. The molecule has 2 aromatic rings. The van der Waals surface area contributed by atoms with E-state index in [9.17, 15) is 4.79 Å². The lowest BCUT2D eigenvalue weighted by Crippen LogP contribution is -2.43. The van der Waals surface area contributed by atoms with Crippen molar-refractivity contribution in [3.05, 3.63) is 22.3 Å². The number of nitrogens with zero attached hydrogens (tertiary/aromatic N) is 4. The lowest BCUT2D eigenvalue weighted by molar-refractivity contribution is -0.130. The molecule has 0 aliphatic carbocycles. The highest BCUT2D eigenvalue weighted by molar-refractivity contribution is 7.99. The van der Waals surface area contributed by atoms with Gasteiger partial charge >= 0.3 is 0 Å². The van der Waals surface area contributed by atoms with E-state index in [4.69, 9.17) is 23.2 Å². The van der Waals surface area contributed by atoms with E-state index in [2.05, 4.69) is 24.0 Å². The van der Waals surface area contributed by atoms with Crippen LogP contribution in [0.3, 0.4) is 0 Å². The molecule has 1 fully saturated rings. The van der Waals surface area contributed by atoms with Crippen molar-refractivity contribution in [3.8, 4) is 0 Å². The first kappa shape index (κ1) is 16.9. The number of likely N-dealkylation sites (tertiary alicyclic amines) is 1. The molecule has 0 aromatic carbocycles. The van der Waals surface area contributed by atoms with Crippen LogP contribution >= 0.6 is 35.0 Å². The molecular weight excluding hydrogens is 355 g/mol. The Hall–Kier alpha value is -0.980. The van der Waals surface area contributed by atoms with Crippen molar-refractivity contribution >= 4 is 46.5 Å². The quantitative estimate of drug-likeness (QED) is 0.771. The number of rotatable bonds is 3. The number of piperidine rings is 1. The fourth-order valence-corrected chi connectivity index (χ4v) is 4.41. The molecule has 2 aromatic heterocycles. The van der Waals surface area contributed by atoms with Crippen LogP contribution in [-0.2, 0) is 4.79 Å². The molecule has 0 unspecified atom stereocenters. The molecule has 2 atom stereocenters. The summed E-state index contributed by atoms with van der Waals surface area (Å²) in [4.78, 5) is 14.4. The Morgan fingerprint density at radius 1 is 1.30 bits per heavy atom. The van der Waals surface area contributed by atoms with Gasteiger partial charge < -0.3 is 4.90 Å².